The van der Waals surface area contributed by atoms with Crippen LogP contribution in [0.15, 0.2) is 4.90 Å². The fraction of sp³-hybridized carbons (Fsp3) is 0.727. The maximum absolute atomic E-state index is 12.5. The molecule has 1 saturated carbocycles. The average molecular weight is 351 g/mol. The molecule has 0 radical (unpaired) electrons. The molecule has 0 aromatic carbocycles. The molecule has 0 atom stereocenters. The Kier molecular flexibility index (Phi) is 3.65. The van der Waals surface area contributed by atoms with Crippen molar-refractivity contribution < 1.29 is 16.8 Å². The van der Waals surface area contributed by atoms with E-state index in [1.54, 1.807) is 4.90 Å². The Morgan fingerprint density at radius 2 is 1.95 bits per heavy atom. The molecule has 0 unspecified atom stereocenters. The zero-order valence-corrected chi connectivity index (χ0v) is 13.8. The van der Waals surface area contributed by atoms with Crippen LogP contribution in [0.4, 0.5) is 10.8 Å². The zero-order chi connectivity index (χ0) is 15.3. The van der Waals surface area contributed by atoms with Gasteiger partial charge in [0, 0.05) is 13.1 Å². The summed E-state index contributed by atoms with van der Waals surface area (Å²) in [6.07, 6.45) is 1.81. The minimum Gasteiger partial charge on any atom is -0.382 e. The van der Waals surface area contributed by atoms with Crippen molar-refractivity contribution in [2.75, 3.05) is 35.2 Å². The molecule has 118 valence electrons. The van der Waals surface area contributed by atoms with Crippen LogP contribution in [-0.2, 0) is 19.7 Å². The predicted octanol–water partition coefficient (Wildman–Crippen LogP) is 0.286. The number of aromatic nitrogens is 1. The number of sulfone groups is 2. The van der Waals surface area contributed by atoms with Crippen LogP contribution in [-0.4, -0.2) is 51.1 Å². The molecule has 2 fully saturated rings. The number of nitrogens with zero attached hydrogens (tertiary/aromatic N) is 2. The maximum Gasteiger partial charge on any atom is 0.187 e. The first-order chi connectivity index (χ1) is 9.81. The molecule has 10 heteroatoms. The number of nitrogens with two attached hydrogens (primary N) is 1. The van der Waals surface area contributed by atoms with Gasteiger partial charge in [0.15, 0.2) is 25.5 Å². The first kappa shape index (κ1) is 15.0. The molecule has 2 heterocycles. The summed E-state index contributed by atoms with van der Waals surface area (Å²) in [6.45, 7) is 0.797. The molecule has 21 heavy (non-hydrogen) atoms. The highest BCUT2D eigenvalue weighted by atomic mass is 32.2. The van der Waals surface area contributed by atoms with Crippen molar-refractivity contribution >= 4 is 42.0 Å². The highest BCUT2D eigenvalue weighted by molar-refractivity contribution is 7.92. The summed E-state index contributed by atoms with van der Waals surface area (Å²) >= 11 is 1.04. The Balaban J connectivity index is 1.96. The van der Waals surface area contributed by atoms with E-state index >= 15 is 0 Å². The summed E-state index contributed by atoms with van der Waals surface area (Å²) in [5, 5.41) is 0.141. The Hall–Kier alpha value is -0.870. The Labute approximate surface area is 128 Å². The first-order valence-electron chi connectivity index (χ1n) is 6.76. The van der Waals surface area contributed by atoms with E-state index in [9.17, 15) is 16.8 Å². The Morgan fingerprint density at radius 3 is 2.62 bits per heavy atom. The van der Waals surface area contributed by atoms with E-state index in [2.05, 4.69) is 4.37 Å². The lowest BCUT2D eigenvalue weighted by Gasteiger charge is -2.21. The van der Waals surface area contributed by atoms with Gasteiger partial charge in [-0.2, -0.15) is 4.37 Å². The second-order valence-corrected chi connectivity index (χ2v) is 10.7. The molecule has 1 aliphatic carbocycles. The molecular weight excluding hydrogens is 334 g/mol. The van der Waals surface area contributed by atoms with E-state index in [1.807, 2.05) is 0 Å². The highest BCUT2D eigenvalue weighted by Gasteiger charge is 2.41. The van der Waals surface area contributed by atoms with Crippen LogP contribution < -0.4 is 10.6 Å². The van der Waals surface area contributed by atoms with Crippen LogP contribution in [0, 0.1) is 0 Å². The number of anilines is 2. The topological polar surface area (TPSA) is 110 Å². The quantitative estimate of drug-likeness (QED) is 0.833. The van der Waals surface area contributed by atoms with E-state index in [1.165, 1.54) is 0 Å². The summed E-state index contributed by atoms with van der Waals surface area (Å²) in [5.41, 5.74) is 5.77. The minimum absolute atomic E-state index is 0.0354. The molecule has 2 aliphatic rings. The van der Waals surface area contributed by atoms with E-state index in [-0.39, 0.29) is 34.0 Å². The third-order valence-corrected chi connectivity index (χ3v) is 8.84. The third kappa shape index (κ3) is 2.88. The van der Waals surface area contributed by atoms with Crippen molar-refractivity contribution in [1.29, 1.82) is 0 Å². The summed E-state index contributed by atoms with van der Waals surface area (Å²) in [6, 6.07) is 0. The van der Waals surface area contributed by atoms with Gasteiger partial charge in [0.05, 0.1) is 16.8 Å². The van der Waals surface area contributed by atoms with E-state index in [0.717, 1.165) is 11.5 Å². The minimum atomic E-state index is -3.44. The fourth-order valence-corrected chi connectivity index (χ4v) is 6.79. The standard InChI is InChI=1S/C11H17N3O4S3/c12-10-9(21(17,18)8-2-3-8)11(19-13-10)14-4-1-6-20(15,16)7-5-14/h8H,1-7H2,(H2,12,13). The average Bonchev–Trinajstić information content (AvgIpc) is 3.18. The van der Waals surface area contributed by atoms with Crippen LogP contribution in [0.5, 0.6) is 0 Å². The Morgan fingerprint density at radius 1 is 1.24 bits per heavy atom. The number of hydrogen-bond acceptors (Lipinski definition) is 8. The first-order valence-corrected chi connectivity index (χ1v) is 10.9. The van der Waals surface area contributed by atoms with Crippen LogP contribution in [0.3, 0.4) is 0 Å². The van der Waals surface area contributed by atoms with Gasteiger partial charge in [-0.05, 0) is 30.8 Å². The second-order valence-electron chi connectivity index (χ2n) is 5.44. The van der Waals surface area contributed by atoms with Crippen molar-refractivity contribution in [3.8, 4) is 0 Å². The van der Waals surface area contributed by atoms with Crippen LogP contribution in [0.25, 0.3) is 0 Å². The molecule has 7 nitrogen and oxygen atoms in total. The van der Waals surface area contributed by atoms with Gasteiger partial charge in [-0.15, -0.1) is 0 Å². The molecule has 1 saturated heterocycles. The predicted molar refractivity (Wildman–Crippen MR) is 82.2 cm³/mol. The van der Waals surface area contributed by atoms with Gasteiger partial charge in [-0.1, -0.05) is 0 Å². The van der Waals surface area contributed by atoms with Crippen molar-refractivity contribution in [3.05, 3.63) is 0 Å². The highest BCUT2D eigenvalue weighted by Crippen LogP contribution is 2.42. The molecule has 0 spiro atoms. The molecule has 1 aromatic heterocycles. The lowest BCUT2D eigenvalue weighted by atomic mass is 10.4. The summed E-state index contributed by atoms with van der Waals surface area (Å²) in [7, 11) is -6.49. The van der Waals surface area contributed by atoms with Gasteiger partial charge in [-0.3, -0.25) is 0 Å². The van der Waals surface area contributed by atoms with E-state index in [4.69, 9.17) is 5.73 Å². The van der Waals surface area contributed by atoms with Crippen molar-refractivity contribution in [3.63, 3.8) is 0 Å². The molecule has 1 aromatic rings. The number of hydrogen-bond donors (Lipinski definition) is 1. The van der Waals surface area contributed by atoms with Gasteiger partial charge >= 0.3 is 0 Å². The van der Waals surface area contributed by atoms with Crippen molar-refractivity contribution in [1.82, 2.24) is 4.37 Å². The normalized spacial score (nSPS) is 23.0. The molecule has 3 rings (SSSR count). The van der Waals surface area contributed by atoms with Gasteiger partial charge in [0.1, 0.15) is 9.90 Å². The maximum atomic E-state index is 12.5. The van der Waals surface area contributed by atoms with Crippen molar-refractivity contribution in [2.24, 2.45) is 0 Å². The van der Waals surface area contributed by atoms with Gasteiger partial charge < -0.3 is 10.6 Å². The zero-order valence-electron chi connectivity index (χ0n) is 11.4. The van der Waals surface area contributed by atoms with Crippen LogP contribution >= 0.6 is 11.5 Å². The fourth-order valence-electron chi connectivity index (χ4n) is 2.44. The summed E-state index contributed by atoms with van der Waals surface area (Å²) < 4.78 is 52.3. The molecule has 1 aliphatic heterocycles. The molecule has 0 bridgehead atoms. The third-order valence-electron chi connectivity index (χ3n) is 3.75. The number of rotatable bonds is 3. The molecule has 2 N–H and O–H groups in total. The van der Waals surface area contributed by atoms with Gasteiger partial charge in [-0.25, -0.2) is 16.8 Å². The largest absolute Gasteiger partial charge is 0.382 e. The molecule has 0 amide bonds. The van der Waals surface area contributed by atoms with E-state index in [0.29, 0.717) is 30.8 Å². The van der Waals surface area contributed by atoms with Gasteiger partial charge in [0.25, 0.3) is 0 Å². The summed E-state index contributed by atoms with van der Waals surface area (Å²) in [4.78, 5) is 1.91. The second kappa shape index (κ2) is 5.10. The van der Waals surface area contributed by atoms with Crippen LogP contribution in [0.1, 0.15) is 19.3 Å². The van der Waals surface area contributed by atoms with E-state index < -0.39 is 19.7 Å². The number of nitrogen functional groups attached to an aromatic ring is 1. The smallest absolute Gasteiger partial charge is 0.187 e. The summed E-state index contributed by atoms with van der Waals surface area (Å²) in [5.74, 6) is 0.213. The van der Waals surface area contributed by atoms with Crippen LogP contribution in [0.2, 0.25) is 0 Å². The van der Waals surface area contributed by atoms with Crippen molar-refractivity contribution in [2.45, 2.75) is 29.4 Å². The Bertz CT molecular complexity index is 750. The lowest BCUT2D eigenvalue weighted by Crippen LogP contribution is -2.27. The van der Waals surface area contributed by atoms with Gasteiger partial charge in [0.2, 0.25) is 0 Å². The molecular formula is C11H17N3O4S3. The SMILES string of the molecule is Nc1nsc(N2CCCS(=O)(=O)CC2)c1S(=O)(=O)C1CC1. The lowest BCUT2D eigenvalue weighted by molar-refractivity contribution is 0.594. The monoisotopic (exact) mass is 351 g/mol.